The van der Waals surface area contributed by atoms with E-state index in [1.165, 1.54) is 26.2 Å². The SMILES string of the molecule is COC(=O)c1ccccc1C(=O)OCc1c(C)cc(C)c(C(C)=O)c1C. The van der Waals surface area contributed by atoms with Gasteiger partial charge in [0.25, 0.3) is 0 Å². The summed E-state index contributed by atoms with van der Waals surface area (Å²) in [5.74, 6) is -1.24. The molecule has 0 heterocycles. The standard InChI is InChI=1S/C21H22O5/c1-12-10-13(2)19(15(4)22)14(3)18(12)11-26-21(24)17-9-7-6-8-16(17)20(23)25-5/h6-10H,11H2,1-5H3. The number of benzene rings is 2. The Bertz CT molecular complexity index is 880. The molecule has 26 heavy (non-hydrogen) atoms. The van der Waals surface area contributed by atoms with E-state index < -0.39 is 11.9 Å². The van der Waals surface area contributed by atoms with Crippen molar-refractivity contribution in [1.82, 2.24) is 0 Å². The summed E-state index contributed by atoms with van der Waals surface area (Å²) in [5.41, 5.74) is 4.40. The van der Waals surface area contributed by atoms with E-state index in [2.05, 4.69) is 0 Å². The molecule has 0 fully saturated rings. The molecule has 0 atom stereocenters. The van der Waals surface area contributed by atoms with E-state index in [9.17, 15) is 14.4 Å². The van der Waals surface area contributed by atoms with Crippen molar-refractivity contribution in [1.29, 1.82) is 0 Å². The number of hydrogen-bond donors (Lipinski definition) is 0. The number of carbonyl (C=O) groups is 3. The first-order valence-corrected chi connectivity index (χ1v) is 8.23. The second-order valence-electron chi connectivity index (χ2n) is 6.16. The lowest BCUT2D eigenvalue weighted by molar-refractivity contribution is 0.0456. The molecule has 136 valence electrons. The number of esters is 2. The van der Waals surface area contributed by atoms with Crippen LogP contribution in [0.25, 0.3) is 0 Å². The summed E-state index contributed by atoms with van der Waals surface area (Å²) in [7, 11) is 1.26. The number of Topliss-reactive ketones (excluding diaryl/α,β-unsaturated/α-hetero) is 1. The summed E-state index contributed by atoms with van der Waals surface area (Å²) in [4.78, 5) is 36.2. The maximum atomic E-state index is 12.5. The lowest BCUT2D eigenvalue weighted by Crippen LogP contribution is -2.14. The highest BCUT2D eigenvalue weighted by molar-refractivity contribution is 6.03. The van der Waals surface area contributed by atoms with Crippen LogP contribution in [0.4, 0.5) is 0 Å². The van der Waals surface area contributed by atoms with Crippen molar-refractivity contribution in [2.75, 3.05) is 7.11 Å². The monoisotopic (exact) mass is 354 g/mol. The minimum atomic E-state index is -0.616. The first kappa shape index (κ1) is 19.4. The molecule has 0 saturated heterocycles. The Balaban J connectivity index is 2.31. The van der Waals surface area contributed by atoms with Crippen molar-refractivity contribution in [2.24, 2.45) is 0 Å². The predicted octanol–water partition coefficient (Wildman–Crippen LogP) is 3.96. The van der Waals surface area contributed by atoms with Crippen LogP contribution in [0.15, 0.2) is 30.3 Å². The number of methoxy groups -OCH3 is 1. The molecule has 0 saturated carbocycles. The number of rotatable bonds is 5. The van der Waals surface area contributed by atoms with E-state index >= 15 is 0 Å². The largest absolute Gasteiger partial charge is 0.465 e. The van der Waals surface area contributed by atoms with Gasteiger partial charge in [-0.05, 0) is 62.1 Å². The zero-order valence-corrected chi connectivity index (χ0v) is 15.6. The highest BCUT2D eigenvalue weighted by atomic mass is 16.5. The van der Waals surface area contributed by atoms with Crippen LogP contribution < -0.4 is 0 Å². The fourth-order valence-corrected chi connectivity index (χ4v) is 3.15. The zero-order valence-electron chi connectivity index (χ0n) is 15.6. The van der Waals surface area contributed by atoms with Gasteiger partial charge in [-0.2, -0.15) is 0 Å². The van der Waals surface area contributed by atoms with E-state index in [1.54, 1.807) is 12.1 Å². The summed E-state index contributed by atoms with van der Waals surface area (Å²) in [6, 6.07) is 8.24. The lowest BCUT2D eigenvalue weighted by atomic mass is 9.92. The molecule has 0 amide bonds. The maximum absolute atomic E-state index is 12.5. The minimum absolute atomic E-state index is 0.0204. The number of hydrogen-bond acceptors (Lipinski definition) is 5. The molecule has 0 bridgehead atoms. The predicted molar refractivity (Wildman–Crippen MR) is 97.6 cm³/mol. The number of carbonyl (C=O) groups excluding carboxylic acids is 3. The van der Waals surface area contributed by atoms with Gasteiger partial charge in [-0.1, -0.05) is 18.2 Å². The van der Waals surface area contributed by atoms with E-state index in [0.29, 0.717) is 5.56 Å². The van der Waals surface area contributed by atoms with Crippen LogP contribution in [0.3, 0.4) is 0 Å². The van der Waals surface area contributed by atoms with Gasteiger partial charge >= 0.3 is 11.9 Å². The molecule has 2 aromatic rings. The van der Waals surface area contributed by atoms with Gasteiger partial charge in [-0.25, -0.2) is 9.59 Å². The minimum Gasteiger partial charge on any atom is -0.465 e. The number of aryl methyl sites for hydroxylation is 2. The summed E-state index contributed by atoms with van der Waals surface area (Å²) >= 11 is 0. The van der Waals surface area contributed by atoms with Crippen molar-refractivity contribution in [2.45, 2.75) is 34.3 Å². The zero-order chi connectivity index (χ0) is 19.4. The third-order valence-electron chi connectivity index (χ3n) is 4.38. The van der Waals surface area contributed by atoms with Gasteiger partial charge in [0.1, 0.15) is 6.61 Å². The van der Waals surface area contributed by atoms with Gasteiger partial charge in [-0.3, -0.25) is 4.79 Å². The Morgan fingerprint density at radius 2 is 1.50 bits per heavy atom. The van der Waals surface area contributed by atoms with Crippen LogP contribution in [0.5, 0.6) is 0 Å². The fraction of sp³-hybridized carbons (Fsp3) is 0.286. The number of ketones is 1. The van der Waals surface area contributed by atoms with Gasteiger partial charge in [0, 0.05) is 5.56 Å². The van der Waals surface area contributed by atoms with Gasteiger partial charge in [-0.15, -0.1) is 0 Å². The van der Waals surface area contributed by atoms with Crippen LogP contribution in [0.2, 0.25) is 0 Å². The van der Waals surface area contributed by atoms with E-state index in [4.69, 9.17) is 9.47 Å². The molecule has 0 aliphatic rings. The quantitative estimate of drug-likeness (QED) is 0.600. The van der Waals surface area contributed by atoms with Gasteiger partial charge < -0.3 is 9.47 Å². The molecule has 2 rings (SSSR count). The maximum Gasteiger partial charge on any atom is 0.339 e. The first-order valence-electron chi connectivity index (χ1n) is 8.23. The van der Waals surface area contributed by atoms with Crippen molar-refractivity contribution >= 4 is 17.7 Å². The Labute approximate surface area is 152 Å². The van der Waals surface area contributed by atoms with Crippen molar-refractivity contribution in [3.63, 3.8) is 0 Å². The normalized spacial score (nSPS) is 10.3. The lowest BCUT2D eigenvalue weighted by Gasteiger charge is -2.16. The fourth-order valence-electron chi connectivity index (χ4n) is 3.15. The Morgan fingerprint density at radius 1 is 0.923 bits per heavy atom. The first-order chi connectivity index (χ1) is 12.3. The average molecular weight is 354 g/mol. The third-order valence-corrected chi connectivity index (χ3v) is 4.38. The Morgan fingerprint density at radius 3 is 2.04 bits per heavy atom. The highest BCUT2D eigenvalue weighted by Gasteiger charge is 2.20. The summed E-state index contributed by atoms with van der Waals surface area (Å²) in [6.45, 7) is 7.19. The average Bonchev–Trinajstić information content (AvgIpc) is 2.59. The van der Waals surface area contributed by atoms with Crippen LogP contribution in [-0.4, -0.2) is 24.8 Å². The molecule has 0 N–H and O–H groups in total. The van der Waals surface area contributed by atoms with Gasteiger partial charge in [0.2, 0.25) is 0 Å². The molecule has 5 nitrogen and oxygen atoms in total. The van der Waals surface area contributed by atoms with Gasteiger partial charge in [0.15, 0.2) is 5.78 Å². The van der Waals surface area contributed by atoms with Crippen LogP contribution >= 0.6 is 0 Å². The summed E-state index contributed by atoms with van der Waals surface area (Å²) in [6.07, 6.45) is 0. The summed E-state index contributed by atoms with van der Waals surface area (Å²) in [5, 5.41) is 0. The molecular formula is C21H22O5. The smallest absolute Gasteiger partial charge is 0.339 e. The van der Waals surface area contributed by atoms with Gasteiger partial charge in [0.05, 0.1) is 18.2 Å². The molecule has 0 spiro atoms. The Kier molecular flexibility index (Phi) is 5.93. The molecule has 0 aliphatic carbocycles. The second kappa shape index (κ2) is 7.95. The Hall–Kier alpha value is -2.95. The topological polar surface area (TPSA) is 69.7 Å². The molecular weight excluding hydrogens is 332 g/mol. The van der Waals surface area contributed by atoms with Crippen molar-refractivity contribution in [3.8, 4) is 0 Å². The van der Waals surface area contributed by atoms with E-state index in [0.717, 1.165) is 22.3 Å². The number of ether oxygens (including phenoxy) is 2. The second-order valence-corrected chi connectivity index (χ2v) is 6.16. The van der Waals surface area contributed by atoms with Crippen LogP contribution in [0, 0.1) is 20.8 Å². The molecule has 0 radical (unpaired) electrons. The summed E-state index contributed by atoms with van der Waals surface area (Å²) < 4.78 is 10.1. The van der Waals surface area contributed by atoms with Crippen LogP contribution in [0.1, 0.15) is 60.3 Å². The molecule has 0 aromatic heterocycles. The van der Waals surface area contributed by atoms with Crippen LogP contribution in [-0.2, 0) is 16.1 Å². The van der Waals surface area contributed by atoms with E-state index in [1.807, 2.05) is 26.8 Å². The molecule has 5 heteroatoms. The molecule has 2 aromatic carbocycles. The highest BCUT2D eigenvalue weighted by Crippen LogP contribution is 2.24. The van der Waals surface area contributed by atoms with Crippen molar-refractivity contribution in [3.05, 3.63) is 69.3 Å². The molecule has 0 unspecified atom stereocenters. The molecule has 0 aliphatic heterocycles. The third kappa shape index (κ3) is 3.82. The van der Waals surface area contributed by atoms with Crippen molar-refractivity contribution < 1.29 is 23.9 Å². The van der Waals surface area contributed by atoms with E-state index in [-0.39, 0.29) is 23.5 Å².